The number of hydrogen-bond acceptors (Lipinski definition) is 2. The van der Waals surface area contributed by atoms with Crippen molar-refractivity contribution in [1.82, 2.24) is 0 Å². The summed E-state index contributed by atoms with van der Waals surface area (Å²) in [6.45, 7) is 2.76. The van der Waals surface area contributed by atoms with Crippen molar-refractivity contribution in [3.05, 3.63) is 28.3 Å². The third-order valence-corrected chi connectivity index (χ3v) is 2.54. The maximum absolute atomic E-state index is 12.8. The van der Waals surface area contributed by atoms with Crippen LogP contribution >= 0.6 is 11.6 Å². The van der Waals surface area contributed by atoms with Crippen molar-refractivity contribution in [1.29, 1.82) is 0 Å². The maximum atomic E-state index is 12.8. The highest BCUT2D eigenvalue weighted by Gasteiger charge is 2.37. The Morgan fingerprint density at radius 1 is 1.24 bits per heavy atom. The normalized spacial score (nSPS) is 12.7. The zero-order valence-electron chi connectivity index (χ0n) is 9.52. The van der Waals surface area contributed by atoms with Crippen LogP contribution in [0.1, 0.15) is 25.0 Å². The van der Waals surface area contributed by atoms with Gasteiger partial charge in [0.05, 0.1) is 23.3 Å². The molecule has 0 heterocycles. The van der Waals surface area contributed by atoms with Gasteiger partial charge < -0.3 is 9.84 Å². The summed E-state index contributed by atoms with van der Waals surface area (Å²) in [6, 6.07) is 2.10. The van der Waals surface area contributed by atoms with Gasteiger partial charge in [0.25, 0.3) is 0 Å². The van der Waals surface area contributed by atoms with Crippen molar-refractivity contribution < 1.29 is 23.0 Å². The topological polar surface area (TPSA) is 29.5 Å². The zero-order valence-corrected chi connectivity index (χ0v) is 10.3. The van der Waals surface area contributed by atoms with Crippen LogP contribution in [0.2, 0.25) is 5.02 Å². The van der Waals surface area contributed by atoms with Crippen molar-refractivity contribution in [2.24, 2.45) is 0 Å². The van der Waals surface area contributed by atoms with E-state index in [0.717, 1.165) is 13.2 Å². The van der Waals surface area contributed by atoms with E-state index in [9.17, 15) is 18.3 Å². The molecule has 6 heteroatoms. The average molecular weight is 269 g/mol. The van der Waals surface area contributed by atoms with Gasteiger partial charge in [-0.1, -0.05) is 11.6 Å². The number of benzene rings is 1. The van der Waals surface area contributed by atoms with E-state index in [1.807, 2.05) is 0 Å². The van der Waals surface area contributed by atoms with Gasteiger partial charge in [0.15, 0.2) is 0 Å². The SMILES string of the molecule is COc1c(Cl)cc(C(C)(C)O)cc1C(F)(F)F. The molecule has 1 N–H and O–H groups in total. The fraction of sp³-hybridized carbons (Fsp3) is 0.455. The largest absolute Gasteiger partial charge is 0.495 e. The van der Waals surface area contributed by atoms with Crippen LogP contribution in [-0.2, 0) is 11.8 Å². The second kappa shape index (κ2) is 4.38. The van der Waals surface area contributed by atoms with Crippen LogP contribution in [0.3, 0.4) is 0 Å². The molecule has 0 aromatic heterocycles. The summed E-state index contributed by atoms with van der Waals surface area (Å²) in [5.41, 5.74) is -2.32. The molecule has 0 spiro atoms. The van der Waals surface area contributed by atoms with E-state index in [1.54, 1.807) is 0 Å². The number of halogens is 4. The summed E-state index contributed by atoms with van der Waals surface area (Å²) in [4.78, 5) is 0. The van der Waals surface area contributed by atoms with Gasteiger partial charge in [-0.2, -0.15) is 13.2 Å². The highest BCUT2D eigenvalue weighted by Crippen LogP contribution is 2.42. The highest BCUT2D eigenvalue weighted by molar-refractivity contribution is 6.32. The molecular weight excluding hydrogens is 257 g/mol. The van der Waals surface area contributed by atoms with Crippen molar-refractivity contribution in [2.75, 3.05) is 7.11 Å². The number of methoxy groups -OCH3 is 1. The lowest BCUT2D eigenvalue weighted by Gasteiger charge is -2.21. The zero-order chi connectivity index (χ0) is 13.4. The predicted molar refractivity (Wildman–Crippen MR) is 58.3 cm³/mol. The molecule has 96 valence electrons. The van der Waals surface area contributed by atoms with Crippen molar-refractivity contribution >= 4 is 11.6 Å². The van der Waals surface area contributed by atoms with Gasteiger partial charge in [-0.15, -0.1) is 0 Å². The molecule has 0 saturated carbocycles. The average Bonchev–Trinajstić information content (AvgIpc) is 2.13. The molecule has 0 aliphatic carbocycles. The predicted octanol–water partition coefficient (Wildman–Crippen LogP) is 3.59. The van der Waals surface area contributed by atoms with Gasteiger partial charge in [-0.05, 0) is 31.5 Å². The molecule has 0 fully saturated rings. The second-order valence-corrected chi connectivity index (χ2v) is 4.50. The minimum Gasteiger partial charge on any atom is -0.495 e. The first-order valence-corrected chi connectivity index (χ1v) is 5.12. The molecule has 0 aliphatic rings. The molecule has 0 atom stereocenters. The molecule has 1 rings (SSSR count). The Kier molecular flexibility index (Phi) is 3.64. The number of rotatable bonds is 2. The van der Waals surface area contributed by atoms with Crippen molar-refractivity contribution in [3.8, 4) is 5.75 Å². The summed E-state index contributed by atoms with van der Waals surface area (Å²) in [6.07, 6.45) is -4.59. The van der Waals surface area contributed by atoms with E-state index >= 15 is 0 Å². The number of aliphatic hydroxyl groups is 1. The minimum atomic E-state index is -4.59. The number of alkyl halides is 3. The van der Waals surface area contributed by atoms with Crippen molar-refractivity contribution in [3.63, 3.8) is 0 Å². The first-order chi connectivity index (χ1) is 7.57. The summed E-state index contributed by atoms with van der Waals surface area (Å²) in [5.74, 6) is -0.438. The molecule has 1 aromatic carbocycles. The summed E-state index contributed by atoms with van der Waals surface area (Å²) in [7, 11) is 1.11. The maximum Gasteiger partial charge on any atom is 0.420 e. The molecule has 1 aromatic rings. The molecule has 2 nitrogen and oxygen atoms in total. The molecule has 0 saturated heterocycles. The monoisotopic (exact) mass is 268 g/mol. The number of hydrogen-bond donors (Lipinski definition) is 1. The quantitative estimate of drug-likeness (QED) is 0.888. The van der Waals surface area contributed by atoms with Crippen LogP contribution in [0.4, 0.5) is 13.2 Å². The fourth-order valence-electron chi connectivity index (χ4n) is 1.36. The molecule has 0 aliphatic heterocycles. The van der Waals surface area contributed by atoms with E-state index in [1.165, 1.54) is 19.9 Å². The molecule has 0 amide bonds. The van der Waals surface area contributed by atoms with Gasteiger partial charge in [-0.25, -0.2) is 0 Å². The van der Waals surface area contributed by atoms with Crippen LogP contribution in [0.25, 0.3) is 0 Å². The smallest absolute Gasteiger partial charge is 0.420 e. The molecule has 0 unspecified atom stereocenters. The molecule has 0 bridgehead atoms. The van der Waals surface area contributed by atoms with Gasteiger partial charge in [-0.3, -0.25) is 0 Å². The Bertz CT molecular complexity index is 422. The van der Waals surface area contributed by atoms with Crippen molar-refractivity contribution in [2.45, 2.75) is 25.6 Å². The van der Waals surface area contributed by atoms with Crippen LogP contribution in [0.15, 0.2) is 12.1 Å². The van der Waals surface area contributed by atoms with Gasteiger partial charge in [0.2, 0.25) is 0 Å². The van der Waals surface area contributed by atoms with Gasteiger partial charge in [0, 0.05) is 0 Å². The fourth-order valence-corrected chi connectivity index (χ4v) is 1.66. The first-order valence-electron chi connectivity index (χ1n) is 4.75. The lowest BCUT2D eigenvalue weighted by molar-refractivity contribution is -0.138. The van der Waals surface area contributed by atoms with Gasteiger partial charge >= 0.3 is 6.18 Å². The Hall–Kier alpha value is -0.940. The van der Waals surface area contributed by atoms with E-state index in [4.69, 9.17) is 11.6 Å². The third kappa shape index (κ3) is 3.04. The summed E-state index contributed by atoms with van der Waals surface area (Å²) in [5, 5.41) is 9.52. The van der Waals surface area contributed by atoms with E-state index < -0.39 is 23.1 Å². The Labute approximate surface area is 102 Å². The Morgan fingerprint density at radius 2 is 1.76 bits per heavy atom. The lowest BCUT2D eigenvalue weighted by atomic mass is 9.96. The highest BCUT2D eigenvalue weighted by atomic mass is 35.5. The van der Waals surface area contributed by atoms with Gasteiger partial charge in [0.1, 0.15) is 5.75 Å². The second-order valence-electron chi connectivity index (χ2n) is 4.10. The molecule has 17 heavy (non-hydrogen) atoms. The minimum absolute atomic E-state index is 0.0793. The van der Waals surface area contributed by atoms with Crippen LogP contribution in [0, 0.1) is 0 Å². The van der Waals surface area contributed by atoms with E-state index in [0.29, 0.717) is 0 Å². The third-order valence-electron chi connectivity index (χ3n) is 2.26. The Balaban J connectivity index is 3.51. The van der Waals surface area contributed by atoms with Crippen LogP contribution in [0.5, 0.6) is 5.75 Å². The molecular formula is C11H12ClF3O2. The summed E-state index contributed by atoms with van der Waals surface area (Å²) >= 11 is 5.71. The molecule has 0 radical (unpaired) electrons. The van der Waals surface area contributed by atoms with Crippen LogP contribution in [-0.4, -0.2) is 12.2 Å². The Morgan fingerprint density at radius 3 is 2.12 bits per heavy atom. The van der Waals surface area contributed by atoms with E-state index in [-0.39, 0.29) is 10.6 Å². The lowest BCUT2D eigenvalue weighted by Crippen LogP contribution is -2.18. The standard InChI is InChI=1S/C11H12ClF3O2/c1-10(2,16)6-4-7(11(13,14)15)9(17-3)8(12)5-6/h4-5,16H,1-3H3. The van der Waals surface area contributed by atoms with Crippen LogP contribution < -0.4 is 4.74 Å². The van der Waals surface area contributed by atoms with E-state index in [2.05, 4.69) is 4.74 Å². The summed E-state index contributed by atoms with van der Waals surface area (Å²) < 4.78 is 42.9. The first kappa shape index (κ1) is 14.1. The number of ether oxygens (including phenoxy) is 1.